The molecule has 2 aromatic heterocycles. The predicted molar refractivity (Wildman–Crippen MR) is 173 cm³/mol. The third-order valence-electron chi connectivity index (χ3n) is 8.33. The first kappa shape index (κ1) is 33.2. The molecule has 0 bridgehead atoms. The van der Waals surface area contributed by atoms with Gasteiger partial charge in [0.1, 0.15) is 23.8 Å². The number of ether oxygens (including phenoxy) is 2. The van der Waals surface area contributed by atoms with Crippen molar-refractivity contribution >= 4 is 17.8 Å². The van der Waals surface area contributed by atoms with E-state index in [9.17, 15) is 14.7 Å². The second kappa shape index (κ2) is 14.5. The third-order valence-corrected chi connectivity index (χ3v) is 8.33. The number of rotatable bonds is 10. The van der Waals surface area contributed by atoms with Crippen molar-refractivity contribution in [3.05, 3.63) is 71.1 Å². The molecule has 3 aromatic rings. The topological polar surface area (TPSA) is 142 Å². The first-order valence-corrected chi connectivity index (χ1v) is 16.0. The Hall–Kier alpha value is -4.16. The van der Waals surface area contributed by atoms with Gasteiger partial charge in [0.25, 0.3) is 5.91 Å². The molecule has 0 spiro atoms. The number of piperidine rings is 1. The van der Waals surface area contributed by atoms with Crippen molar-refractivity contribution < 1.29 is 28.6 Å². The second-order valence-electron chi connectivity index (χ2n) is 13.2. The molecule has 5 rings (SSSR count). The van der Waals surface area contributed by atoms with Crippen molar-refractivity contribution in [1.29, 1.82) is 0 Å². The molecule has 12 nitrogen and oxygen atoms in total. The molecule has 1 unspecified atom stereocenters. The molecule has 0 radical (unpaired) electrons. The molecule has 2 aliphatic rings. The smallest absolute Gasteiger partial charge is 0.410 e. The molecule has 1 aromatic carbocycles. The number of likely N-dealkylation sites (tertiary alicyclic amines) is 1. The number of hydrogen-bond donors (Lipinski definition) is 3. The quantitative estimate of drug-likeness (QED) is 0.295. The van der Waals surface area contributed by atoms with E-state index in [-0.39, 0.29) is 30.6 Å². The van der Waals surface area contributed by atoms with E-state index in [4.69, 9.17) is 13.9 Å². The molecule has 12 heteroatoms. The maximum Gasteiger partial charge on any atom is 0.410 e. The number of aliphatic hydroxyl groups is 1. The highest BCUT2D eigenvalue weighted by Crippen LogP contribution is 2.26. The molecule has 3 atom stereocenters. The molecule has 0 saturated carbocycles. The van der Waals surface area contributed by atoms with Crippen LogP contribution >= 0.6 is 0 Å². The summed E-state index contributed by atoms with van der Waals surface area (Å²) in [6.45, 7) is 12.5. The molecule has 0 aliphatic carbocycles. The highest BCUT2D eigenvalue weighted by atomic mass is 16.6. The van der Waals surface area contributed by atoms with Gasteiger partial charge >= 0.3 is 6.09 Å². The number of hydrogen-bond acceptors (Lipinski definition) is 10. The molecule has 4 heterocycles. The SMILES string of the molecule is Cc1ncoc1COc1ccc2c(c1)CCN(CC(O)CNC(=O)c1ccnc(N[C@H]3CCN(C(=O)OC(C)(C)C)[C@H](C)C3)c1)C2. The van der Waals surface area contributed by atoms with Crippen LogP contribution in [-0.2, 0) is 24.3 Å². The first-order chi connectivity index (χ1) is 21.9. The van der Waals surface area contributed by atoms with E-state index in [0.29, 0.717) is 31.1 Å². The number of aryl methyl sites for hydroxylation is 1. The number of β-amino-alcohol motifs (C(OH)–C–C–N with tert-alkyl or cyclic N) is 1. The predicted octanol–water partition coefficient (Wildman–Crippen LogP) is 4.31. The molecule has 46 heavy (non-hydrogen) atoms. The van der Waals surface area contributed by atoms with Gasteiger partial charge in [0.05, 0.1) is 11.8 Å². The maximum atomic E-state index is 12.9. The van der Waals surface area contributed by atoms with Gasteiger partial charge in [-0.05, 0) is 89.3 Å². The van der Waals surface area contributed by atoms with Crippen LogP contribution in [0.3, 0.4) is 0 Å². The van der Waals surface area contributed by atoms with Crippen molar-refractivity contribution in [2.45, 2.75) is 90.8 Å². The van der Waals surface area contributed by atoms with Crippen LogP contribution in [0.25, 0.3) is 0 Å². The Kier molecular flexibility index (Phi) is 10.5. The Morgan fingerprint density at radius 2 is 1.98 bits per heavy atom. The number of anilines is 1. The van der Waals surface area contributed by atoms with Gasteiger partial charge in [0.2, 0.25) is 0 Å². The monoisotopic (exact) mass is 634 g/mol. The molecular weight excluding hydrogens is 588 g/mol. The number of nitrogens with one attached hydrogen (secondary N) is 2. The van der Waals surface area contributed by atoms with Crippen molar-refractivity contribution in [2.75, 3.05) is 31.5 Å². The van der Waals surface area contributed by atoms with E-state index >= 15 is 0 Å². The van der Waals surface area contributed by atoms with Crippen molar-refractivity contribution in [3.63, 3.8) is 0 Å². The molecular formula is C34H46N6O6. The van der Waals surface area contributed by atoms with Crippen LogP contribution in [0.2, 0.25) is 0 Å². The lowest BCUT2D eigenvalue weighted by Gasteiger charge is -2.38. The van der Waals surface area contributed by atoms with Gasteiger partial charge in [-0.25, -0.2) is 14.8 Å². The number of aliphatic hydroxyl groups excluding tert-OH is 1. The third kappa shape index (κ3) is 8.97. The summed E-state index contributed by atoms with van der Waals surface area (Å²) in [5.74, 6) is 1.84. The fraction of sp³-hybridized carbons (Fsp3) is 0.529. The molecule has 3 N–H and O–H groups in total. The summed E-state index contributed by atoms with van der Waals surface area (Å²) in [7, 11) is 0. The minimum absolute atomic E-state index is 0.00844. The number of oxazole rings is 1. The van der Waals surface area contributed by atoms with E-state index in [1.54, 1.807) is 23.2 Å². The van der Waals surface area contributed by atoms with Crippen LogP contribution in [-0.4, -0.2) is 86.8 Å². The number of amides is 2. The van der Waals surface area contributed by atoms with Crippen LogP contribution < -0.4 is 15.4 Å². The zero-order valence-corrected chi connectivity index (χ0v) is 27.4. The van der Waals surface area contributed by atoms with Crippen LogP contribution in [0.1, 0.15) is 73.5 Å². The summed E-state index contributed by atoms with van der Waals surface area (Å²) in [6.07, 6.45) is 4.34. The second-order valence-corrected chi connectivity index (χ2v) is 13.2. The molecule has 1 saturated heterocycles. The average molecular weight is 635 g/mol. The van der Waals surface area contributed by atoms with Crippen LogP contribution in [0.4, 0.5) is 10.6 Å². The Balaban J connectivity index is 1.05. The number of benzene rings is 1. The number of nitrogens with zero attached hydrogens (tertiary/aromatic N) is 4. The number of pyridine rings is 1. The molecule has 2 amide bonds. The highest BCUT2D eigenvalue weighted by Gasteiger charge is 2.32. The van der Waals surface area contributed by atoms with Gasteiger partial charge in [0.15, 0.2) is 12.2 Å². The average Bonchev–Trinajstić information content (AvgIpc) is 3.42. The lowest BCUT2D eigenvalue weighted by atomic mass is 9.98. The van der Waals surface area contributed by atoms with Crippen LogP contribution in [0.15, 0.2) is 47.3 Å². The van der Waals surface area contributed by atoms with E-state index in [1.807, 2.05) is 40.7 Å². The number of carbonyl (C=O) groups excluding carboxylic acids is 2. The summed E-state index contributed by atoms with van der Waals surface area (Å²) in [5, 5.41) is 17.0. The zero-order chi connectivity index (χ0) is 32.8. The van der Waals surface area contributed by atoms with Gasteiger partial charge in [-0.1, -0.05) is 6.07 Å². The van der Waals surface area contributed by atoms with E-state index < -0.39 is 11.7 Å². The number of aromatic nitrogens is 2. The first-order valence-electron chi connectivity index (χ1n) is 16.0. The Morgan fingerprint density at radius 3 is 2.72 bits per heavy atom. The van der Waals surface area contributed by atoms with Gasteiger partial charge in [-0.15, -0.1) is 0 Å². The zero-order valence-electron chi connectivity index (χ0n) is 27.4. The van der Waals surface area contributed by atoms with E-state index in [2.05, 4.69) is 37.6 Å². The van der Waals surface area contributed by atoms with Gasteiger partial charge in [-0.3, -0.25) is 9.69 Å². The highest BCUT2D eigenvalue weighted by molar-refractivity contribution is 5.94. The van der Waals surface area contributed by atoms with Crippen LogP contribution in [0, 0.1) is 6.92 Å². The van der Waals surface area contributed by atoms with Crippen LogP contribution in [0.5, 0.6) is 5.75 Å². The lowest BCUT2D eigenvalue weighted by Crippen LogP contribution is -2.49. The standard InChI is InChI=1S/C34H46N6O6/c1-22-14-27(10-13-40(22)33(43)46-34(3,4)5)38-31-16-25(8-11-35-31)32(42)36-17-28(41)19-39-12-9-24-15-29(7-6-26(24)18-39)44-20-30-23(2)37-21-45-30/h6-8,11,15-16,21-22,27-28,41H,9-10,12-14,17-20H2,1-5H3,(H,35,38)(H,36,42)/t22-,27+,28?/m1/s1. The lowest BCUT2D eigenvalue weighted by molar-refractivity contribution is 0.0112. The summed E-state index contributed by atoms with van der Waals surface area (Å²) in [6, 6.07) is 9.59. The molecule has 1 fully saturated rings. The fourth-order valence-electron chi connectivity index (χ4n) is 5.88. The van der Waals surface area contributed by atoms with Gasteiger partial charge < -0.3 is 34.5 Å². The Bertz CT molecular complexity index is 1500. The minimum Gasteiger partial charge on any atom is -0.486 e. The molecule has 2 aliphatic heterocycles. The largest absolute Gasteiger partial charge is 0.486 e. The fourth-order valence-corrected chi connectivity index (χ4v) is 5.88. The van der Waals surface area contributed by atoms with Crippen molar-refractivity contribution in [1.82, 2.24) is 25.1 Å². The van der Waals surface area contributed by atoms with Crippen molar-refractivity contribution in [3.8, 4) is 5.75 Å². The minimum atomic E-state index is -0.714. The van der Waals surface area contributed by atoms with Gasteiger partial charge in [0, 0.05) is 56.6 Å². The van der Waals surface area contributed by atoms with Gasteiger partial charge in [-0.2, -0.15) is 0 Å². The Labute approximate surface area is 270 Å². The normalized spacial score (nSPS) is 19.2. The summed E-state index contributed by atoms with van der Waals surface area (Å²) in [5.41, 5.74) is 3.19. The number of fused-ring (bicyclic) bond motifs is 1. The van der Waals surface area contributed by atoms with Crippen molar-refractivity contribution in [2.24, 2.45) is 0 Å². The van der Waals surface area contributed by atoms with E-state index in [1.165, 1.54) is 17.5 Å². The summed E-state index contributed by atoms with van der Waals surface area (Å²) < 4.78 is 16.8. The molecule has 248 valence electrons. The van der Waals surface area contributed by atoms with E-state index in [0.717, 1.165) is 49.6 Å². The summed E-state index contributed by atoms with van der Waals surface area (Å²) >= 11 is 0. The maximum absolute atomic E-state index is 12.9. The summed E-state index contributed by atoms with van der Waals surface area (Å²) in [4.78, 5) is 37.9. The Morgan fingerprint density at radius 1 is 1.15 bits per heavy atom. The number of carbonyl (C=O) groups is 2.